The number of H-pyrrole nitrogens is 1. The van der Waals surface area contributed by atoms with E-state index in [1.165, 1.54) is 18.4 Å². The van der Waals surface area contributed by atoms with Crippen LogP contribution in [-0.4, -0.2) is 21.3 Å². The summed E-state index contributed by atoms with van der Waals surface area (Å²) in [5.41, 5.74) is 2.79. The molecule has 7 heteroatoms. The van der Waals surface area contributed by atoms with Crippen molar-refractivity contribution in [3.05, 3.63) is 52.4 Å². The first kappa shape index (κ1) is 18.9. The third kappa shape index (κ3) is 3.37. The first-order chi connectivity index (χ1) is 14.7. The lowest BCUT2D eigenvalue weighted by atomic mass is 9.85. The quantitative estimate of drug-likeness (QED) is 0.609. The van der Waals surface area contributed by atoms with Gasteiger partial charge in [-0.25, -0.2) is 0 Å². The minimum atomic E-state index is -0.169. The Morgan fingerprint density at radius 3 is 2.70 bits per heavy atom. The minimum Gasteiger partial charge on any atom is -0.338 e. The van der Waals surface area contributed by atoms with Gasteiger partial charge in [0.15, 0.2) is 5.82 Å². The smallest absolute Gasteiger partial charge is 0.261 e. The summed E-state index contributed by atoms with van der Waals surface area (Å²) in [4.78, 5) is 15.4. The molecule has 1 aromatic carbocycles. The molecule has 1 unspecified atom stereocenters. The van der Waals surface area contributed by atoms with Crippen molar-refractivity contribution in [2.45, 2.75) is 50.6 Å². The van der Waals surface area contributed by atoms with Gasteiger partial charge in [-0.05, 0) is 56.0 Å². The molecular formula is C23H26N6O. The third-order valence-corrected chi connectivity index (χ3v) is 6.48. The molecule has 3 atom stereocenters. The monoisotopic (exact) mass is 402 g/mol. The number of nitriles is 1. The van der Waals surface area contributed by atoms with Gasteiger partial charge in [0.1, 0.15) is 5.39 Å². The van der Waals surface area contributed by atoms with Crippen LogP contribution in [0.2, 0.25) is 0 Å². The van der Waals surface area contributed by atoms with Crippen LogP contribution in [0.5, 0.6) is 0 Å². The van der Waals surface area contributed by atoms with E-state index in [1.54, 1.807) is 6.20 Å². The Labute approximate surface area is 175 Å². The third-order valence-electron chi connectivity index (χ3n) is 6.48. The largest absolute Gasteiger partial charge is 0.338 e. The SMILES string of the molecule is N#C[C@H]1CCCC[C@@H]1n1nc(Nc2ccc(C3CCCN3)cc2)c2c(=O)[nH]ccc21. The zero-order valence-corrected chi connectivity index (χ0v) is 16.9. The summed E-state index contributed by atoms with van der Waals surface area (Å²) in [5, 5.41) is 21.8. The molecule has 5 rings (SSSR count). The molecule has 3 N–H and O–H groups in total. The van der Waals surface area contributed by atoms with Gasteiger partial charge in [-0.15, -0.1) is 0 Å². The Morgan fingerprint density at radius 2 is 1.93 bits per heavy atom. The van der Waals surface area contributed by atoms with E-state index in [-0.39, 0.29) is 17.5 Å². The van der Waals surface area contributed by atoms with Crippen LogP contribution in [0.15, 0.2) is 41.3 Å². The Kier molecular flexibility index (Phi) is 5.01. The molecule has 1 saturated heterocycles. The van der Waals surface area contributed by atoms with Gasteiger partial charge in [0.2, 0.25) is 0 Å². The van der Waals surface area contributed by atoms with E-state index in [4.69, 9.17) is 5.10 Å². The first-order valence-electron chi connectivity index (χ1n) is 10.8. The lowest BCUT2D eigenvalue weighted by Crippen LogP contribution is -2.23. The fraction of sp³-hybridized carbons (Fsp3) is 0.435. The molecule has 0 bridgehead atoms. The predicted molar refractivity (Wildman–Crippen MR) is 117 cm³/mol. The second-order valence-electron chi connectivity index (χ2n) is 8.34. The molecule has 2 aromatic heterocycles. The summed E-state index contributed by atoms with van der Waals surface area (Å²) in [6.07, 6.45) is 7.96. The second kappa shape index (κ2) is 7.96. The molecule has 154 valence electrons. The van der Waals surface area contributed by atoms with Crippen LogP contribution in [0.3, 0.4) is 0 Å². The zero-order valence-electron chi connectivity index (χ0n) is 16.9. The van der Waals surface area contributed by atoms with Crippen LogP contribution in [0, 0.1) is 17.2 Å². The fourth-order valence-corrected chi connectivity index (χ4v) is 4.90. The maximum Gasteiger partial charge on any atom is 0.261 e. The van der Waals surface area contributed by atoms with Gasteiger partial charge in [0, 0.05) is 17.9 Å². The molecule has 0 amide bonds. The Bertz CT molecular complexity index is 1130. The molecule has 1 aliphatic heterocycles. The van der Waals surface area contributed by atoms with Crippen molar-refractivity contribution < 1.29 is 0 Å². The number of hydrogen-bond acceptors (Lipinski definition) is 5. The lowest BCUT2D eigenvalue weighted by Gasteiger charge is -2.27. The molecular weight excluding hydrogens is 376 g/mol. The number of fused-ring (bicyclic) bond motifs is 1. The molecule has 30 heavy (non-hydrogen) atoms. The van der Waals surface area contributed by atoms with Crippen LogP contribution in [0.25, 0.3) is 10.9 Å². The summed E-state index contributed by atoms with van der Waals surface area (Å²) in [6, 6.07) is 13.1. The summed E-state index contributed by atoms with van der Waals surface area (Å²) < 4.78 is 1.90. The number of anilines is 2. The molecule has 7 nitrogen and oxygen atoms in total. The molecule has 3 aromatic rings. The lowest BCUT2D eigenvalue weighted by molar-refractivity contribution is 0.277. The van der Waals surface area contributed by atoms with Crippen molar-refractivity contribution in [1.29, 1.82) is 5.26 Å². The summed E-state index contributed by atoms with van der Waals surface area (Å²) in [5.74, 6) is 0.466. The van der Waals surface area contributed by atoms with E-state index in [1.807, 2.05) is 22.9 Å². The van der Waals surface area contributed by atoms with Crippen molar-refractivity contribution in [2.75, 3.05) is 11.9 Å². The molecule has 1 saturated carbocycles. The van der Waals surface area contributed by atoms with Crippen molar-refractivity contribution in [1.82, 2.24) is 20.1 Å². The molecule has 0 spiro atoms. The molecule has 2 fully saturated rings. The van der Waals surface area contributed by atoms with E-state index in [9.17, 15) is 10.1 Å². The normalized spacial score (nSPS) is 24.0. The zero-order chi connectivity index (χ0) is 20.5. The number of aromatic nitrogens is 3. The number of rotatable bonds is 4. The number of pyridine rings is 1. The van der Waals surface area contributed by atoms with E-state index >= 15 is 0 Å². The molecule has 1 aliphatic carbocycles. The van der Waals surface area contributed by atoms with E-state index in [0.717, 1.165) is 43.4 Å². The van der Waals surface area contributed by atoms with Crippen LogP contribution in [-0.2, 0) is 0 Å². The van der Waals surface area contributed by atoms with Crippen molar-refractivity contribution in [3.63, 3.8) is 0 Å². The van der Waals surface area contributed by atoms with Crippen LogP contribution >= 0.6 is 0 Å². The summed E-state index contributed by atoms with van der Waals surface area (Å²) in [6.45, 7) is 1.07. The van der Waals surface area contributed by atoms with Gasteiger partial charge in [-0.1, -0.05) is 25.0 Å². The minimum absolute atomic E-state index is 0.000540. The maximum atomic E-state index is 12.6. The first-order valence-corrected chi connectivity index (χ1v) is 10.8. The Morgan fingerprint density at radius 1 is 1.10 bits per heavy atom. The predicted octanol–water partition coefficient (Wildman–Crippen LogP) is 4.15. The molecule has 0 radical (unpaired) electrons. The van der Waals surface area contributed by atoms with Crippen molar-refractivity contribution in [3.8, 4) is 6.07 Å². The van der Waals surface area contributed by atoms with Gasteiger partial charge in [-0.3, -0.25) is 9.48 Å². The number of benzene rings is 1. The average Bonchev–Trinajstić information content (AvgIpc) is 3.44. The molecule has 3 heterocycles. The maximum absolute atomic E-state index is 12.6. The standard InChI is InChI=1S/C23H26N6O/c24-14-16-4-1-2-6-19(16)29-20-11-13-26-23(30)21(20)22(28-29)27-17-9-7-15(8-10-17)18-5-3-12-25-18/h7-11,13,16,18-19,25H,1-6,12H2,(H,26,30)(H,27,28)/t16-,18?,19+/m1/s1. The average molecular weight is 403 g/mol. The van der Waals surface area contributed by atoms with E-state index in [2.05, 4.69) is 33.8 Å². The van der Waals surface area contributed by atoms with Crippen LogP contribution in [0.1, 0.15) is 56.2 Å². The Hall–Kier alpha value is -3.11. The van der Waals surface area contributed by atoms with E-state index in [0.29, 0.717) is 17.2 Å². The van der Waals surface area contributed by atoms with Crippen LogP contribution in [0.4, 0.5) is 11.5 Å². The second-order valence-corrected chi connectivity index (χ2v) is 8.34. The van der Waals surface area contributed by atoms with Gasteiger partial charge in [0.05, 0.1) is 23.5 Å². The van der Waals surface area contributed by atoms with Crippen LogP contribution < -0.4 is 16.2 Å². The number of nitrogens with zero attached hydrogens (tertiary/aromatic N) is 3. The number of nitrogens with one attached hydrogen (secondary N) is 3. The van der Waals surface area contributed by atoms with Gasteiger partial charge >= 0.3 is 0 Å². The molecule has 2 aliphatic rings. The fourth-order valence-electron chi connectivity index (χ4n) is 4.90. The topological polar surface area (TPSA) is 98.5 Å². The highest BCUT2D eigenvalue weighted by atomic mass is 16.1. The Balaban J connectivity index is 1.50. The van der Waals surface area contributed by atoms with Gasteiger partial charge in [-0.2, -0.15) is 10.4 Å². The number of aromatic amines is 1. The van der Waals surface area contributed by atoms with Crippen molar-refractivity contribution in [2.24, 2.45) is 5.92 Å². The van der Waals surface area contributed by atoms with Gasteiger partial charge in [0.25, 0.3) is 5.56 Å². The highest BCUT2D eigenvalue weighted by Gasteiger charge is 2.29. The highest BCUT2D eigenvalue weighted by molar-refractivity contribution is 5.91. The van der Waals surface area contributed by atoms with Gasteiger partial charge < -0.3 is 15.6 Å². The van der Waals surface area contributed by atoms with E-state index < -0.39 is 0 Å². The summed E-state index contributed by atoms with van der Waals surface area (Å²) >= 11 is 0. The summed E-state index contributed by atoms with van der Waals surface area (Å²) in [7, 11) is 0. The highest BCUT2D eigenvalue weighted by Crippen LogP contribution is 2.36. The van der Waals surface area contributed by atoms with Crippen molar-refractivity contribution >= 4 is 22.4 Å². The number of hydrogen-bond donors (Lipinski definition) is 3.